The smallest absolute Gasteiger partial charge is 0.493 e. The van der Waals surface area contributed by atoms with E-state index in [4.69, 9.17) is 4.74 Å². The molecule has 176 valence electrons. The number of hydrogen-bond acceptors (Lipinski definition) is 3. The van der Waals surface area contributed by atoms with Gasteiger partial charge in [0.2, 0.25) is 0 Å². The molecule has 0 fully saturated rings. The predicted octanol–water partition coefficient (Wildman–Crippen LogP) is 7.13. The Labute approximate surface area is 193 Å². The van der Waals surface area contributed by atoms with Crippen LogP contribution in [0.1, 0.15) is 24.3 Å². The second kappa shape index (κ2) is 9.13. The molecule has 0 aliphatic carbocycles. The fourth-order valence-electron chi connectivity index (χ4n) is 3.66. The molecule has 0 aliphatic rings. The number of nitrogens with one attached hydrogen (secondary N) is 1. The summed E-state index contributed by atoms with van der Waals surface area (Å²) in [5.74, 6) is -0.343. The molecule has 8 heteroatoms. The zero-order valence-corrected chi connectivity index (χ0v) is 18.4. The van der Waals surface area contributed by atoms with Crippen molar-refractivity contribution in [2.45, 2.75) is 20.2 Å². The number of halogens is 3. The molecule has 0 unspecified atom stereocenters. The maximum atomic E-state index is 12.4. The SMILES string of the molecule is CC(C)COc1ccc(-c2c(C(=O)O)[nH]c3ccc(-c4ccc(OC(F)(F)F)cc4)cc23)cc1. The van der Waals surface area contributed by atoms with E-state index in [1.807, 2.05) is 19.9 Å². The van der Waals surface area contributed by atoms with Gasteiger partial charge < -0.3 is 19.6 Å². The number of carbonyl (C=O) groups is 1. The zero-order valence-electron chi connectivity index (χ0n) is 18.4. The Morgan fingerprint density at radius 3 is 2.09 bits per heavy atom. The first-order valence-electron chi connectivity index (χ1n) is 10.6. The van der Waals surface area contributed by atoms with Gasteiger partial charge in [0.15, 0.2) is 0 Å². The number of carboxylic acid groups (broad SMARTS) is 1. The number of benzene rings is 3. The number of aromatic amines is 1. The number of H-pyrrole nitrogens is 1. The van der Waals surface area contributed by atoms with Crippen LogP contribution < -0.4 is 9.47 Å². The summed E-state index contributed by atoms with van der Waals surface area (Å²) >= 11 is 0. The van der Waals surface area contributed by atoms with Gasteiger partial charge in [0.1, 0.15) is 17.2 Å². The van der Waals surface area contributed by atoms with E-state index in [1.165, 1.54) is 24.3 Å². The summed E-state index contributed by atoms with van der Waals surface area (Å²) in [5, 5.41) is 10.5. The van der Waals surface area contributed by atoms with Gasteiger partial charge >= 0.3 is 12.3 Å². The van der Waals surface area contributed by atoms with E-state index < -0.39 is 12.3 Å². The van der Waals surface area contributed by atoms with Gasteiger partial charge in [0.25, 0.3) is 0 Å². The summed E-state index contributed by atoms with van der Waals surface area (Å²) < 4.78 is 46.9. The quantitative estimate of drug-likeness (QED) is 0.302. The average molecular weight is 469 g/mol. The molecule has 1 heterocycles. The Bertz CT molecular complexity index is 1310. The van der Waals surface area contributed by atoms with Crippen LogP contribution in [0.3, 0.4) is 0 Å². The molecule has 0 aliphatic heterocycles. The number of fused-ring (bicyclic) bond motifs is 1. The van der Waals surface area contributed by atoms with Gasteiger partial charge in [-0.05, 0) is 59.0 Å². The van der Waals surface area contributed by atoms with Gasteiger partial charge in [-0.1, -0.05) is 44.2 Å². The fourth-order valence-corrected chi connectivity index (χ4v) is 3.66. The lowest BCUT2D eigenvalue weighted by Crippen LogP contribution is -2.16. The van der Waals surface area contributed by atoms with Crippen LogP contribution in [0.15, 0.2) is 66.7 Å². The highest BCUT2D eigenvalue weighted by atomic mass is 19.4. The summed E-state index contributed by atoms with van der Waals surface area (Å²) in [4.78, 5) is 14.9. The topological polar surface area (TPSA) is 71.5 Å². The fraction of sp³-hybridized carbons (Fsp3) is 0.192. The molecule has 3 aromatic carbocycles. The van der Waals surface area contributed by atoms with Crippen LogP contribution in [0.5, 0.6) is 11.5 Å². The number of carboxylic acids is 1. The lowest BCUT2D eigenvalue weighted by molar-refractivity contribution is -0.274. The molecule has 0 spiro atoms. The molecule has 1 aromatic heterocycles. The van der Waals surface area contributed by atoms with Crippen LogP contribution >= 0.6 is 0 Å². The molecule has 0 saturated heterocycles. The van der Waals surface area contributed by atoms with Crippen molar-refractivity contribution >= 4 is 16.9 Å². The molecule has 5 nitrogen and oxygen atoms in total. The highest BCUT2D eigenvalue weighted by molar-refractivity contribution is 6.08. The lowest BCUT2D eigenvalue weighted by Gasteiger charge is -2.10. The molecule has 4 aromatic rings. The van der Waals surface area contributed by atoms with Gasteiger partial charge in [0, 0.05) is 16.5 Å². The van der Waals surface area contributed by atoms with E-state index in [2.05, 4.69) is 9.72 Å². The molecule has 0 atom stereocenters. The lowest BCUT2D eigenvalue weighted by atomic mass is 9.98. The second-order valence-corrected chi connectivity index (χ2v) is 8.24. The van der Waals surface area contributed by atoms with Crippen LogP contribution in [-0.4, -0.2) is 29.0 Å². The van der Waals surface area contributed by atoms with Gasteiger partial charge in [0.05, 0.1) is 6.61 Å². The van der Waals surface area contributed by atoms with Crippen molar-refractivity contribution in [3.05, 3.63) is 72.4 Å². The molecular formula is C26H22F3NO4. The molecule has 0 amide bonds. The minimum absolute atomic E-state index is 0.0527. The van der Waals surface area contributed by atoms with Crippen molar-refractivity contribution in [3.8, 4) is 33.8 Å². The largest absolute Gasteiger partial charge is 0.573 e. The van der Waals surface area contributed by atoms with Gasteiger partial charge in [-0.3, -0.25) is 0 Å². The van der Waals surface area contributed by atoms with Crippen LogP contribution in [0.25, 0.3) is 33.2 Å². The molecular weight excluding hydrogens is 447 g/mol. The Morgan fingerprint density at radius 2 is 1.50 bits per heavy atom. The van der Waals surface area contributed by atoms with E-state index in [1.54, 1.807) is 36.4 Å². The third kappa shape index (κ3) is 5.17. The number of hydrogen-bond donors (Lipinski definition) is 2. The third-order valence-corrected chi connectivity index (χ3v) is 5.16. The first-order valence-corrected chi connectivity index (χ1v) is 10.6. The summed E-state index contributed by atoms with van der Waals surface area (Å²) in [6.07, 6.45) is -4.76. The Kier molecular flexibility index (Phi) is 6.24. The number of rotatable bonds is 7. The van der Waals surface area contributed by atoms with E-state index >= 15 is 0 Å². The van der Waals surface area contributed by atoms with Crippen LogP contribution in [0, 0.1) is 5.92 Å². The highest BCUT2D eigenvalue weighted by Crippen LogP contribution is 2.36. The maximum Gasteiger partial charge on any atom is 0.573 e. The van der Waals surface area contributed by atoms with Crippen LogP contribution in [0.4, 0.5) is 13.2 Å². The van der Waals surface area contributed by atoms with Gasteiger partial charge in [-0.2, -0.15) is 0 Å². The van der Waals surface area contributed by atoms with Crippen molar-refractivity contribution in [2.75, 3.05) is 6.61 Å². The summed E-state index contributed by atoms with van der Waals surface area (Å²) in [6, 6.07) is 18.1. The average Bonchev–Trinajstić information content (AvgIpc) is 3.16. The van der Waals surface area contributed by atoms with Crippen molar-refractivity contribution in [3.63, 3.8) is 0 Å². The summed E-state index contributed by atoms with van der Waals surface area (Å²) in [7, 11) is 0. The molecule has 0 saturated carbocycles. The Hall–Kier alpha value is -3.94. The summed E-state index contributed by atoms with van der Waals surface area (Å²) in [6.45, 7) is 4.67. The monoisotopic (exact) mass is 469 g/mol. The number of ether oxygens (including phenoxy) is 2. The van der Waals surface area contributed by atoms with Crippen LogP contribution in [0.2, 0.25) is 0 Å². The second-order valence-electron chi connectivity index (χ2n) is 8.24. The Morgan fingerprint density at radius 1 is 0.912 bits per heavy atom. The van der Waals surface area contributed by atoms with E-state index in [9.17, 15) is 23.1 Å². The maximum absolute atomic E-state index is 12.4. The normalized spacial score (nSPS) is 11.7. The van der Waals surface area contributed by atoms with Crippen molar-refractivity contribution < 1.29 is 32.5 Å². The van der Waals surface area contributed by atoms with Gasteiger partial charge in [-0.15, -0.1) is 13.2 Å². The van der Waals surface area contributed by atoms with E-state index in [0.29, 0.717) is 45.9 Å². The minimum atomic E-state index is -4.76. The van der Waals surface area contributed by atoms with Crippen molar-refractivity contribution in [1.29, 1.82) is 0 Å². The van der Waals surface area contributed by atoms with Gasteiger partial charge in [-0.25, -0.2) is 4.79 Å². The zero-order chi connectivity index (χ0) is 24.5. The third-order valence-electron chi connectivity index (χ3n) is 5.16. The molecule has 0 radical (unpaired) electrons. The minimum Gasteiger partial charge on any atom is -0.493 e. The molecule has 34 heavy (non-hydrogen) atoms. The standard InChI is InChI=1S/C26H22F3NO4/c1-15(2)14-33-19-8-5-17(6-9-19)23-21-13-18(7-12-22(21)30-24(23)25(31)32)16-3-10-20(11-4-16)34-26(27,28)29/h3-13,15,30H,14H2,1-2H3,(H,31,32). The first kappa shape index (κ1) is 23.2. The van der Waals surface area contributed by atoms with Crippen molar-refractivity contribution in [1.82, 2.24) is 4.98 Å². The number of aromatic carboxylic acids is 1. The molecule has 2 N–H and O–H groups in total. The van der Waals surface area contributed by atoms with Crippen LogP contribution in [-0.2, 0) is 0 Å². The first-order chi connectivity index (χ1) is 16.1. The van der Waals surface area contributed by atoms with E-state index in [0.717, 1.165) is 5.56 Å². The molecule has 0 bridgehead atoms. The summed E-state index contributed by atoms with van der Waals surface area (Å²) in [5.41, 5.74) is 3.30. The molecule has 4 rings (SSSR count). The number of aromatic nitrogens is 1. The predicted molar refractivity (Wildman–Crippen MR) is 123 cm³/mol. The van der Waals surface area contributed by atoms with E-state index in [-0.39, 0.29) is 11.4 Å². The Balaban J connectivity index is 1.73. The van der Waals surface area contributed by atoms with Crippen molar-refractivity contribution in [2.24, 2.45) is 5.92 Å². The number of alkyl halides is 3. The highest BCUT2D eigenvalue weighted by Gasteiger charge is 2.31.